The zero-order valence-electron chi connectivity index (χ0n) is 13.8. The van der Waals surface area contributed by atoms with Gasteiger partial charge in [-0.15, -0.1) is 0 Å². The largest absolute Gasteiger partial charge is 0.478 e. The molecule has 3 rings (SSSR count). The van der Waals surface area contributed by atoms with Crippen molar-refractivity contribution in [1.29, 1.82) is 0 Å². The first-order valence-corrected chi connectivity index (χ1v) is 8.53. The van der Waals surface area contributed by atoms with Gasteiger partial charge in [0.15, 0.2) is 0 Å². The Morgan fingerprint density at radius 3 is 2.52 bits per heavy atom. The van der Waals surface area contributed by atoms with E-state index < -0.39 is 5.97 Å². The Bertz CT molecular complexity index is 526. The van der Waals surface area contributed by atoms with Crippen LogP contribution in [0.3, 0.4) is 0 Å². The number of aromatic carboxylic acids is 1. The van der Waals surface area contributed by atoms with Gasteiger partial charge >= 0.3 is 5.97 Å². The van der Waals surface area contributed by atoms with Crippen molar-refractivity contribution in [2.45, 2.75) is 25.9 Å². The van der Waals surface area contributed by atoms with Crippen LogP contribution >= 0.6 is 0 Å². The molecule has 1 aromatic carbocycles. The third kappa shape index (κ3) is 3.91. The van der Waals surface area contributed by atoms with E-state index in [4.69, 9.17) is 9.84 Å². The molecule has 2 fully saturated rings. The van der Waals surface area contributed by atoms with Gasteiger partial charge in [0.2, 0.25) is 0 Å². The summed E-state index contributed by atoms with van der Waals surface area (Å²) in [5, 5.41) is 8.98. The summed E-state index contributed by atoms with van der Waals surface area (Å²) in [5.74, 6) is -0.150. The second kappa shape index (κ2) is 7.43. The van der Waals surface area contributed by atoms with Crippen LogP contribution in [0.15, 0.2) is 24.3 Å². The Balaban J connectivity index is 1.61. The summed E-state index contributed by atoms with van der Waals surface area (Å²) < 4.78 is 5.48. The first-order valence-electron chi connectivity index (χ1n) is 8.53. The van der Waals surface area contributed by atoms with Crippen LogP contribution in [0, 0.1) is 5.92 Å². The molecule has 0 bridgehead atoms. The molecule has 0 saturated carbocycles. The number of carboxylic acid groups (broad SMARTS) is 1. The summed E-state index contributed by atoms with van der Waals surface area (Å²) in [4.78, 5) is 16.0. The fraction of sp³-hybridized carbons (Fsp3) is 0.611. The molecule has 5 heteroatoms. The second-order valence-corrected chi connectivity index (χ2v) is 6.58. The highest BCUT2D eigenvalue weighted by molar-refractivity contribution is 5.87. The van der Waals surface area contributed by atoms with Gasteiger partial charge in [0.1, 0.15) is 0 Å². The zero-order valence-corrected chi connectivity index (χ0v) is 13.8. The second-order valence-electron chi connectivity index (χ2n) is 6.58. The van der Waals surface area contributed by atoms with E-state index in [0.29, 0.717) is 17.5 Å². The fourth-order valence-corrected chi connectivity index (χ4v) is 3.81. The number of morpholine rings is 1. The van der Waals surface area contributed by atoms with E-state index in [1.807, 2.05) is 12.1 Å². The van der Waals surface area contributed by atoms with Crippen LogP contribution in [0.5, 0.6) is 0 Å². The van der Waals surface area contributed by atoms with Crippen molar-refractivity contribution in [2.24, 2.45) is 5.92 Å². The van der Waals surface area contributed by atoms with Gasteiger partial charge < -0.3 is 9.84 Å². The van der Waals surface area contributed by atoms with E-state index in [2.05, 4.69) is 16.7 Å². The van der Waals surface area contributed by atoms with E-state index in [0.717, 1.165) is 45.9 Å². The number of hydrogen-bond donors (Lipinski definition) is 1. The lowest BCUT2D eigenvalue weighted by Crippen LogP contribution is -2.47. The van der Waals surface area contributed by atoms with E-state index in [1.165, 1.54) is 12.0 Å². The minimum absolute atomic E-state index is 0.354. The summed E-state index contributed by atoms with van der Waals surface area (Å²) in [6.07, 6.45) is 1.20. The first kappa shape index (κ1) is 16.4. The Labute approximate surface area is 137 Å². The summed E-state index contributed by atoms with van der Waals surface area (Å²) >= 11 is 0. The van der Waals surface area contributed by atoms with Gasteiger partial charge in [-0.05, 0) is 23.6 Å². The number of carboxylic acids is 1. The van der Waals surface area contributed by atoms with Crippen molar-refractivity contribution in [2.75, 3.05) is 39.4 Å². The van der Waals surface area contributed by atoms with E-state index in [9.17, 15) is 4.79 Å². The summed E-state index contributed by atoms with van der Waals surface area (Å²) in [5.41, 5.74) is 1.54. The van der Waals surface area contributed by atoms with E-state index in [1.54, 1.807) is 12.1 Å². The summed E-state index contributed by atoms with van der Waals surface area (Å²) in [6.45, 7) is 9.19. The van der Waals surface area contributed by atoms with Crippen LogP contribution in [-0.4, -0.2) is 66.3 Å². The highest BCUT2D eigenvalue weighted by atomic mass is 16.5. The number of carbonyl (C=O) groups is 1. The van der Waals surface area contributed by atoms with Gasteiger partial charge in [-0.3, -0.25) is 9.80 Å². The highest BCUT2D eigenvalue weighted by Gasteiger charge is 2.35. The molecule has 2 saturated heterocycles. The normalized spacial score (nSPS) is 26.5. The molecular formula is C18H26N2O3. The zero-order chi connectivity index (χ0) is 16.2. The predicted molar refractivity (Wildman–Crippen MR) is 88.6 cm³/mol. The van der Waals surface area contributed by atoms with Crippen molar-refractivity contribution < 1.29 is 14.6 Å². The lowest BCUT2D eigenvalue weighted by atomic mass is 9.99. The molecule has 0 spiro atoms. The predicted octanol–water partition coefficient (Wildman–Crippen LogP) is 1.93. The van der Waals surface area contributed by atoms with Crippen molar-refractivity contribution in [3.63, 3.8) is 0 Å². The molecule has 23 heavy (non-hydrogen) atoms. The van der Waals surface area contributed by atoms with E-state index in [-0.39, 0.29) is 0 Å². The Kier molecular flexibility index (Phi) is 5.30. The minimum Gasteiger partial charge on any atom is -0.478 e. The third-order valence-electron chi connectivity index (χ3n) is 5.13. The molecule has 0 radical (unpaired) electrons. The molecule has 126 valence electrons. The first-order chi connectivity index (χ1) is 11.2. The minimum atomic E-state index is -0.865. The lowest BCUT2D eigenvalue weighted by molar-refractivity contribution is 0.0101. The van der Waals surface area contributed by atoms with Crippen molar-refractivity contribution in [3.8, 4) is 0 Å². The van der Waals surface area contributed by atoms with Crippen molar-refractivity contribution >= 4 is 5.97 Å². The average molecular weight is 318 g/mol. The SMILES string of the molecule is CCC1CN(Cc2ccc(C(=O)O)cc2)CC1N1CCOCC1. The molecule has 2 heterocycles. The standard InChI is InChI=1S/C18H26N2O3/c1-2-15-12-19(13-17(15)20-7-9-23-10-8-20)11-14-3-5-16(6-4-14)18(21)22/h3-6,15,17H,2,7-13H2,1H3,(H,21,22). The molecule has 1 N–H and O–H groups in total. The maximum atomic E-state index is 10.9. The van der Waals surface area contributed by atoms with E-state index >= 15 is 0 Å². The number of benzene rings is 1. The molecule has 0 aliphatic carbocycles. The number of ether oxygens (including phenoxy) is 1. The molecule has 5 nitrogen and oxygen atoms in total. The molecule has 1 aromatic rings. The third-order valence-corrected chi connectivity index (χ3v) is 5.13. The molecule has 2 aliphatic rings. The lowest BCUT2D eigenvalue weighted by Gasteiger charge is -2.34. The van der Waals surface area contributed by atoms with Gasteiger partial charge in [-0.2, -0.15) is 0 Å². The Hall–Kier alpha value is -1.43. The number of nitrogens with zero attached hydrogens (tertiary/aromatic N) is 2. The van der Waals surface area contributed by atoms with Crippen LogP contribution in [-0.2, 0) is 11.3 Å². The highest BCUT2D eigenvalue weighted by Crippen LogP contribution is 2.26. The Morgan fingerprint density at radius 2 is 1.91 bits per heavy atom. The maximum absolute atomic E-state index is 10.9. The van der Waals surface area contributed by atoms with Gasteiger partial charge in [0.05, 0.1) is 18.8 Å². The van der Waals surface area contributed by atoms with Crippen molar-refractivity contribution in [3.05, 3.63) is 35.4 Å². The van der Waals surface area contributed by atoms with Gasteiger partial charge in [0, 0.05) is 38.8 Å². The van der Waals surface area contributed by atoms with Crippen LogP contribution in [0.4, 0.5) is 0 Å². The van der Waals surface area contributed by atoms with Crippen LogP contribution in [0.25, 0.3) is 0 Å². The molecule has 2 aliphatic heterocycles. The Morgan fingerprint density at radius 1 is 1.22 bits per heavy atom. The molecule has 2 unspecified atom stereocenters. The fourth-order valence-electron chi connectivity index (χ4n) is 3.81. The average Bonchev–Trinajstić information content (AvgIpc) is 2.99. The summed E-state index contributed by atoms with van der Waals surface area (Å²) in [6, 6.07) is 7.90. The molecule has 0 amide bonds. The van der Waals surface area contributed by atoms with Crippen LogP contribution < -0.4 is 0 Å². The molecule has 2 atom stereocenters. The van der Waals surface area contributed by atoms with Crippen molar-refractivity contribution in [1.82, 2.24) is 9.80 Å². The maximum Gasteiger partial charge on any atom is 0.335 e. The molecular weight excluding hydrogens is 292 g/mol. The summed E-state index contributed by atoms with van der Waals surface area (Å²) in [7, 11) is 0. The van der Waals surface area contributed by atoms with Gasteiger partial charge in [-0.1, -0.05) is 25.5 Å². The smallest absolute Gasteiger partial charge is 0.335 e. The van der Waals surface area contributed by atoms with Gasteiger partial charge in [0.25, 0.3) is 0 Å². The monoisotopic (exact) mass is 318 g/mol. The topological polar surface area (TPSA) is 53.0 Å². The van der Waals surface area contributed by atoms with Gasteiger partial charge in [-0.25, -0.2) is 4.79 Å². The number of hydrogen-bond acceptors (Lipinski definition) is 4. The quantitative estimate of drug-likeness (QED) is 0.899. The number of rotatable bonds is 5. The van der Waals surface area contributed by atoms with Crippen LogP contribution in [0.1, 0.15) is 29.3 Å². The number of likely N-dealkylation sites (tertiary alicyclic amines) is 1. The van der Waals surface area contributed by atoms with Crippen LogP contribution in [0.2, 0.25) is 0 Å². The molecule has 0 aromatic heterocycles.